The third-order valence-corrected chi connectivity index (χ3v) is 3.66. The molecule has 4 heteroatoms. The lowest BCUT2D eigenvalue weighted by Crippen LogP contribution is -1.95. The smallest absolute Gasteiger partial charge is 0.231 e. The van der Waals surface area contributed by atoms with Gasteiger partial charge >= 0.3 is 0 Å². The first-order valence-electron chi connectivity index (χ1n) is 6.19. The Morgan fingerprint density at radius 2 is 2.18 bits per heavy atom. The molecule has 0 aliphatic heterocycles. The molecule has 17 heavy (non-hydrogen) atoms. The van der Waals surface area contributed by atoms with E-state index in [4.69, 9.17) is 9.78 Å². The number of hydrogen-bond donors (Lipinski definition) is 0. The van der Waals surface area contributed by atoms with Crippen LogP contribution in [0.4, 0.5) is 0 Å². The fraction of sp³-hybridized carbons (Fsp3) is 0.769. The van der Waals surface area contributed by atoms with E-state index < -0.39 is 0 Å². The monoisotopic (exact) mass is 233 g/mol. The fourth-order valence-electron chi connectivity index (χ4n) is 2.25. The second kappa shape index (κ2) is 4.14. The van der Waals surface area contributed by atoms with E-state index in [1.54, 1.807) is 0 Å². The van der Waals surface area contributed by atoms with Gasteiger partial charge in [-0.15, -0.1) is 0 Å². The van der Waals surface area contributed by atoms with Crippen LogP contribution in [0.2, 0.25) is 0 Å². The summed E-state index contributed by atoms with van der Waals surface area (Å²) in [6.07, 6.45) is 1.92. The van der Waals surface area contributed by atoms with Gasteiger partial charge in [-0.05, 0) is 17.8 Å². The minimum Gasteiger partial charge on any atom is -0.339 e. The van der Waals surface area contributed by atoms with Gasteiger partial charge in [-0.3, -0.25) is 0 Å². The molecule has 92 valence electrons. The lowest BCUT2D eigenvalue weighted by Gasteiger charge is -1.98. The zero-order chi connectivity index (χ0) is 12.6. The predicted octanol–water partition coefficient (Wildman–Crippen LogP) is 2.92. The van der Waals surface area contributed by atoms with Crippen molar-refractivity contribution < 1.29 is 4.52 Å². The number of aryl methyl sites for hydroxylation is 1. The van der Waals surface area contributed by atoms with Gasteiger partial charge in [0.1, 0.15) is 0 Å². The van der Waals surface area contributed by atoms with Crippen LogP contribution in [0.1, 0.15) is 51.7 Å². The summed E-state index contributed by atoms with van der Waals surface area (Å²) in [5, 5.41) is 13.0. The quantitative estimate of drug-likeness (QED) is 0.802. The lowest BCUT2D eigenvalue weighted by molar-refractivity contribution is 0.361. The van der Waals surface area contributed by atoms with Crippen LogP contribution >= 0.6 is 0 Å². The summed E-state index contributed by atoms with van der Waals surface area (Å²) in [7, 11) is 0. The van der Waals surface area contributed by atoms with Crippen molar-refractivity contribution in [1.82, 2.24) is 10.1 Å². The van der Waals surface area contributed by atoms with Crippen molar-refractivity contribution >= 4 is 0 Å². The maximum Gasteiger partial charge on any atom is 0.231 e. The van der Waals surface area contributed by atoms with E-state index in [2.05, 4.69) is 43.9 Å². The number of hydrogen-bond acceptors (Lipinski definition) is 4. The molecule has 1 aromatic rings. The molecule has 1 fully saturated rings. The second-order valence-electron chi connectivity index (χ2n) is 5.89. The molecule has 4 nitrogen and oxygen atoms in total. The van der Waals surface area contributed by atoms with Crippen molar-refractivity contribution in [3.05, 3.63) is 11.7 Å². The van der Waals surface area contributed by atoms with Crippen LogP contribution < -0.4 is 0 Å². The molecule has 1 aromatic heterocycles. The second-order valence-corrected chi connectivity index (χ2v) is 5.89. The summed E-state index contributed by atoms with van der Waals surface area (Å²) in [4.78, 5) is 4.41. The zero-order valence-electron chi connectivity index (χ0n) is 10.9. The van der Waals surface area contributed by atoms with Gasteiger partial charge in [0.15, 0.2) is 5.82 Å². The fourth-order valence-corrected chi connectivity index (χ4v) is 2.25. The maximum atomic E-state index is 9.02. The van der Waals surface area contributed by atoms with Crippen LogP contribution in [-0.4, -0.2) is 10.1 Å². The summed E-state index contributed by atoms with van der Waals surface area (Å²) in [5.41, 5.74) is -0.0173. The number of nitrogens with zero attached hydrogens (tertiary/aromatic N) is 3. The Balaban J connectivity index is 2.03. The topological polar surface area (TPSA) is 62.7 Å². The highest BCUT2D eigenvalue weighted by Crippen LogP contribution is 2.63. The summed E-state index contributed by atoms with van der Waals surface area (Å²) in [5.74, 6) is 2.18. The zero-order valence-corrected chi connectivity index (χ0v) is 10.9. The van der Waals surface area contributed by atoms with Gasteiger partial charge in [0.2, 0.25) is 5.89 Å². The van der Waals surface area contributed by atoms with Crippen LogP contribution in [0.3, 0.4) is 0 Å². The highest BCUT2D eigenvalue weighted by atomic mass is 16.5. The van der Waals surface area contributed by atoms with Crippen LogP contribution in [0, 0.1) is 28.6 Å². The van der Waals surface area contributed by atoms with Gasteiger partial charge in [0.25, 0.3) is 0 Å². The van der Waals surface area contributed by atoms with Gasteiger partial charge in [-0.25, -0.2) is 0 Å². The molecule has 1 aliphatic carbocycles. The van der Waals surface area contributed by atoms with E-state index in [1.807, 2.05) is 0 Å². The van der Waals surface area contributed by atoms with E-state index in [-0.39, 0.29) is 17.3 Å². The standard InChI is InChI=1S/C13H19N3O/c1-8(2)5-6-10-15-12(17-16-10)11-9(7-14)13(11,3)4/h8-9,11H,5-6H2,1-4H3. The van der Waals surface area contributed by atoms with E-state index >= 15 is 0 Å². The molecule has 1 aliphatic rings. The van der Waals surface area contributed by atoms with Crippen molar-refractivity contribution in [3.63, 3.8) is 0 Å². The van der Waals surface area contributed by atoms with Crippen molar-refractivity contribution in [2.75, 3.05) is 0 Å². The normalized spacial score (nSPS) is 25.9. The van der Waals surface area contributed by atoms with Gasteiger partial charge in [-0.1, -0.05) is 32.9 Å². The SMILES string of the molecule is CC(C)CCc1noc(C2C(C#N)C2(C)C)n1. The van der Waals surface area contributed by atoms with E-state index in [0.29, 0.717) is 11.8 Å². The van der Waals surface area contributed by atoms with Gasteiger partial charge in [0, 0.05) is 6.42 Å². The van der Waals surface area contributed by atoms with Gasteiger partial charge in [0.05, 0.1) is 17.9 Å². The molecule has 0 bridgehead atoms. The van der Waals surface area contributed by atoms with Gasteiger partial charge in [-0.2, -0.15) is 10.2 Å². The Kier molecular flexibility index (Phi) is 2.94. The highest BCUT2D eigenvalue weighted by Gasteiger charge is 2.62. The molecule has 0 amide bonds. The van der Waals surface area contributed by atoms with E-state index in [0.717, 1.165) is 18.7 Å². The predicted molar refractivity (Wildman–Crippen MR) is 63.1 cm³/mol. The molecule has 1 heterocycles. The van der Waals surface area contributed by atoms with E-state index in [9.17, 15) is 0 Å². The first-order chi connectivity index (χ1) is 7.96. The summed E-state index contributed by atoms with van der Waals surface area (Å²) in [6.45, 7) is 8.50. The average Bonchev–Trinajstić information content (AvgIpc) is 2.62. The van der Waals surface area contributed by atoms with Crippen molar-refractivity contribution in [2.45, 2.75) is 46.5 Å². The van der Waals surface area contributed by atoms with Crippen LogP contribution in [0.5, 0.6) is 0 Å². The summed E-state index contributed by atoms with van der Waals surface area (Å²) in [6, 6.07) is 2.31. The summed E-state index contributed by atoms with van der Waals surface area (Å²) < 4.78 is 5.28. The largest absolute Gasteiger partial charge is 0.339 e. The van der Waals surface area contributed by atoms with Crippen LogP contribution in [0.25, 0.3) is 0 Å². The molecule has 0 saturated heterocycles. The number of nitriles is 1. The van der Waals surface area contributed by atoms with Crippen LogP contribution in [0.15, 0.2) is 4.52 Å². The minimum atomic E-state index is -0.0173. The number of aromatic nitrogens is 2. The first-order valence-corrected chi connectivity index (χ1v) is 6.19. The molecule has 1 saturated carbocycles. The Labute approximate surface area is 102 Å². The molecule has 0 aromatic carbocycles. The molecule has 2 atom stereocenters. The molecule has 0 N–H and O–H groups in total. The molecular formula is C13H19N3O. The third kappa shape index (κ3) is 2.19. The Bertz CT molecular complexity index is 442. The summed E-state index contributed by atoms with van der Waals surface area (Å²) >= 11 is 0. The number of rotatable bonds is 4. The first kappa shape index (κ1) is 12.1. The molecule has 2 unspecified atom stereocenters. The lowest BCUT2D eigenvalue weighted by atomic mass is 10.1. The van der Waals surface area contributed by atoms with Crippen LogP contribution in [-0.2, 0) is 6.42 Å². The van der Waals surface area contributed by atoms with E-state index in [1.165, 1.54) is 0 Å². The Morgan fingerprint density at radius 1 is 1.47 bits per heavy atom. The average molecular weight is 233 g/mol. The molecular weight excluding hydrogens is 214 g/mol. The minimum absolute atomic E-state index is 0.0147. The highest BCUT2D eigenvalue weighted by molar-refractivity contribution is 5.26. The van der Waals surface area contributed by atoms with Gasteiger partial charge < -0.3 is 4.52 Å². The Hall–Kier alpha value is -1.37. The van der Waals surface area contributed by atoms with Crippen molar-refractivity contribution in [3.8, 4) is 6.07 Å². The maximum absolute atomic E-state index is 9.02. The molecule has 0 radical (unpaired) electrons. The third-order valence-electron chi connectivity index (χ3n) is 3.66. The molecule has 2 rings (SSSR count). The van der Waals surface area contributed by atoms with Crippen molar-refractivity contribution in [2.24, 2.45) is 17.3 Å². The Morgan fingerprint density at radius 3 is 2.71 bits per heavy atom. The molecule has 0 spiro atoms. The van der Waals surface area contributed by atoms with Crippen molar-refractivity contribution in [1.29, 1.82) is 5.26 Å².